The van der Waals surface area contributed by atoms with Gasteiger partial charge < -0.3 is 5.32 Å². The van der Waals surface area contributed by atoms with Gasteiger partial charge in [0.25, 0.3) is 5.91 Å². The average Bonchev–Trinajstić information content (AvgIpc) is 2.46. The van der Waals surface area contributed by atoms with Crippen molar-refractivity contribution in [3.8, 4) is 0 Å². The number of carbonyl (C=O) groups excluding carboxylic acids is 1. The van der Waals surface area contributed by atoms with Crippen LogP contribution >= 0.6 is 23.2 Å². The van der Waals surface area contributed by atoms with Crippen LogP contribution < -0.4 is 9.88 Å². The number of carbonyl (C=O) groups is 1. The smallest absolute Gasteiger partial charge is 0.293 e. The van der Waals surface area contributed by atoms with Gasteiger partial charge in [0.05, 0.1) is 0 Å². The van der Waals surface area contributed by atoms with E-state index in [1.54, 1.807) is 18.2 Å². The molecule has 0 fully saturated rings. The number of anilines is 1. The summed E-state index contributed by atoms with van der Waals surface area (Å²) in [6, 6.07) is 8.74. The maximum Gasteiger partial charge on any atom is 0.293 e. The van der Waals surface area contributed by atoms with Crippen molar-refractivity contribution in [2.45, 2.75) is 32.7 Å². The van der Waals surface area contributed by atoms with E-state index in [0.717, 1.165) is 12.8 Å². The van der Waals surface area contributed by atoms with Crippen LogP contribution in [-0.4, -0.2) is 5.91 Å². The Balaban J connectivity index is 2.08. The van der Waals surface area contributed by atoms with Crippen LogP contribution in [0, 0.1) is 0 Å². The molecule has 116 valence electrons. The van der Waals surface area contributed by atoms with Crippen molar-refractivity contribution in [1.82, 2.24) is 0 Å². The maximum atomic E-state index is 12.3. The summed E-state index contributed by atoms with van der Waals surface area (Å²) < 4.78 is 1.88. The Morgan fingerprint density at radius 2 is 1.77 bits per heavy atom. The van der Waals surface area contributed by atoms with E-state index in [-0.39, 0.29) is 11.9 Å². The zero-order chi connectivity index (χ0) is 16.1. The second kappa shape index (κ2) is 7.61. The van der Waals surface area contributed by atoms with Gasteiger partial charge in [-0.3, -0.25) is 4.79 Å². The summed E-state index contributed by atoms with van der Waals surface area (Å²) in [5, 5.41) is 3.82. The number of amides is 1. The minimum atomic E-state index is -0.326. The highest BCUT2D eigenvalue weighted by Gasteiger charge is 2.22. The summed E-state index contributed by atoms with van der Waals surface area (Å²) in [5.74, 6) is -0.119. The van der Waals surface area contributed by atoms with Gasteiger partial charge in [-0.25, -0.2) is 0 Å². The molecule has 1 aromatic carbocycles. The number of pyridine rings is 1. The first-order valence-corrected chi connectivity index (χ1v) is 8.02. The lowest BCUT2D eigenvalue weighted by molar-refractivity contribution is -0.705. The van der Waals surface area contributed by atoms with Gasteiger partial charge >= 0.3 is 0 Å². The molecule has 1 N–H and O–H groups in total. The molecule has 1 atom stereocenters. The van der Waals surface area contributed by atoms with E-state index in [1.807, 2.05) is 36.0 Å². The van der Waals surface area contributed by atoms with Gasteiger partial charge in [0, 0.05) is 34.8 Å². The standard InChI is InChI=1S/C17H18Cl2N2O/c1-3-4-13-5-7-21(8-6-13)12(2)17(22)20-16-10-14(18)9-15(19)11-16/h5-12H,3-4H2,1-2H3/p+1/t12-/m0/s1. The minimum Gasteiger partial charge on any atom is -0.320 e. The quantitative estimate of drug-likeness (QED) is 0.804. The molecular weight excluding hydrogens is 319 g/mol. The van der Waals surface area contributed by atoms with Gasteiger partial charge in [0.15, 0.2) is 12.4 Å². The molecular formula is C17H19Cl2N2O+. The molecule has 22 heavy (non-hydrogen) atoms. The number of rotatable bonds is 5. The monoisotopic (exact) mass is 337 g/mol. The first-order chi connectivity index (χ1) is 10.5. The Labute approximate surface area is 140 Å². The Bertz CT molecular complexity index is 636. The average molecular weight is 338 g/mol. The molecule has 5 heteroatoms. The van der Waals surface area contributed by atoms with E-state index in [4.69, 9.17) is 23.2 Å². The lowest BCUT2D eigenvalue weighted by atomic mass is 10.1. The molecule has 3 nitrogen and oxygen atoms in total. The van der Waals surface area contributed by atoms with Crippen molar-refractivity contribution in [3.63, 3.8) is 0 Å². The predicted molar refractivity (Wildman–Crippen MR) is 90.4 cm³/mol. The molecule has 1 heterocycles. The number of aromatic nitrogens is 1. The van der Waals surface area contributed by atoms with Crippen LogP contribution in [0.15, 0.2) is 42.7 Å². The number of hydrogen-bond acceptors (Lipinski definition) is 1. The SMILES string of the molecule is CCCc1cc[n+]([C@@H](C)C(=O)Nc2cc(Cl)cc(Cl)c2)cc1. The highest BCUT2D eigenvalue weighted by Crippen LogP contribution is 2.22. The van der Waals surface area contributed by atoms with Crippen molar-refractivity contribution in [2.24, 2.45) is 0 Å². The van der Waals surface area contributed by atoms with Crippen molar-refractivity contribution in [2.75, 3.05) is 5.32 Å². The minimum absolute atomic E-state index is 0.119. The van der Waals surface area contributed by atoms with Gasteiger partial charge in [0.1, 0.15) is 0 Å². The van der Waals surface area contributed by atoms with E-state index in [0.29, 0.717) is 15.7 Å². The fourth-order valence-electron chi connectivity index (χ4n) is 2.19. The number of nitrogens with one attached hydrogen (secondary N) is 1. The molecule has 0 aliphatic rings. The van der Waals surface area contributed by atoms with Crippen LogP contribution in [0.3, 0.4) is 0 Å². The molecule has 0 aliphatic heterocycles. The van der Waals surface area contributed by atoms with E-state index in [9.17, 15) is 4.79 Å². The van der Waals surface area contributed by atoms with Gasteiger partial charge in [-0.1, -0.05) is 36.5 Å². The topological polar surface area (TPSA) is 33.0 Å². The summed E-state index contributed by atoms with van der Waals surface area (Å²) in [7, 11) is 0. The highest BCUT2D eigenvalue weighted by molar-refractivity contribution is 6.35. The molecule has 0 aliphatic carbocycles. The molecule has 0 saturated heterocycles. The number of halogens is 2. The van der Waals surface area contributed by atoms with Crippen LogP contribution in [0.5, 0.6) is 0 Å². The number of benzene rings is 1. The van der Waals surface area contributed by atoms with Crippen molar-refractivity contribution >= 4 is 34.8 Å². The van der Waals surface area contributed by atoms with E-state index < -0.39 is 0 Å². The van der Waals surface area contributed by atoms with E-state index >= 15 is 0 Å². The first-order valence-electron chi connectivity index (χ1n) is 7.26. The predicted octanol–water partition coefficient (Wildman–Crippen LogP) is 4.43. The highest BCUT2D eigenvalue weighted by atomic mass is 35.5. The third-order valence-corrected chi connectivity index (χ3v) is 3.85. The van der Waals surface area contributed by atoms with Gasteiger partial charge in [-0.2, -0.15) is 4.57 Å². The lowest BCUT2D eigenvalue weighted by Crippen LogP contribution is -2.44. The second-order valence-corrected chi connectivity index (χ2v) is 6.10. The van der Waals surface area contributed by atoms with Crippen molar-refractivity contribution < 1.29 is 9.36 Å². The number of hydrogen-bond donors (Lipinski definition) is 1. The fourth-order valence-corrected chi connectivity index (χ4v) is 2.72. The third-order valence-electron chi connectivity index (χ3n) is 3.42. The number of aryl methyl sites for hydroxylation is 1. The molecule has 1 aromatic heterocycles. The molecule has 0 spiro atoms. The van der Waals surface area contributed by atoms with Crippen LogP contribution in [0.2, 0.25) is 10.0 Å². The zero-order valence-electron chi connectivity index (χ0n) is 12.6. The third kappa shape index (κ3) is 4.46. The van der Waals surface area contributed by atoms with E-state index in [2.05, 4.69) is 12.2 Å². The summed E-state index contributed by atoms with van der Waals surface area (Å²) in [5.41, 5.74) is 1.87. The normalized spacial score (nSPS) is 12.0. The van der Waals surface area contributed by atoms with Crippen molar-refractivity contribution in [1.29, 1.82) is 0 Å². The van der Waals surface area contributed by atoms with Gasteiger partial charge in [-0.15, -0.1) is 0 Å². The molecule has 0 radical (unpaired) electrons. The summed E-state index contributed by atoms with van der Waals surface area (Å²) in [6.45, 7) is 3.99. The Morgan fingerprint density at radius 1 is 1.18 bits per heavy atom. The van der Waals surface area contributed by atoms with Crippen LogP contribution in [0.25, 0.3) is 0 Å². The van der Waals surface area contributed by atoms with Gasteiger partial charge in [-0.05, 0) is 30.2 Å². The van der Waals surface area contributed by atoms with Crippen LogP contribution in [0.4, 0.5) is 5.69 Å². The first kappa shape index (κ1) is 16.8. The molecule has 2 aromatic rings. The molecule has 2 rings (SSSR count). The van der Waals surface area contributed by atoms with Crippen LogP contribution in [0.1, 0.15) is 31.9 Å². The largest absolute Gasteiger partial charge is 0.320 e. The molecule has 0 bridgehead atoms. The summed E-state index contributed by atoms with van der Waals surface area (Å²) in [4.78, 5) is 12.3. The Morgan fingerprint density at radius 3 is 2.32 bits per heavy atom. The Hall–Kier alpha value is -1.58. The zero-order valence-corrected chi connectivity index (χ0v) is 14.2. The maximum absolute atomic E-state index is 12.3. The summed E-state index contributed by atoms with van der Waals surface area (Å²) >= 11 is 11.9. The molecule has 0 unspecified atom stereocenters. The van der Waals surface area contributed by atoms with Crippen LogP contribution in [-0.2, 0) is 11.2 Å². The van der Waals surface area contributed by atoms with Gasteiger partial charge in [0.2, 0.25) is 6.04 Å². The molecule has 1 amide bonds. The number of nitrogens with zero attached hydrogens (tertiary/aromatic N) is 1. The molecule has 0 saturated carbocycles. The van der Waals surface area contributed by atoms with Crippen molar-refractivity contribution in [3.05, 3.63) is 58.3 Å². The second-order valence-electron chi connectivity index (χ2n) is 5.23. The lowest BCUT2D eigenvalue weighted by Gasteiger charge is -2.10. The summed E-state index contributed by atoms with van der Waals surface area (Å²) in [6.07, 6.45) is 6.01. The van der Waals surface area contributed by atoms with E-state index in [1.165, 1.54) is 5.56 Å². The Kier molecular flexibility index (Phi) is 5.81. The fraction of sp³-hybridized carbons (Fsp3) is 0.294.